The van der Waals surface area contributed by atoms with E-state index in [1.54, 1.807) is 12.1 Å². The van der Waals surface area contributed by atoms with Crippen molar-refractivity contribution in [1.82, 2.24) is 4.98 Å². The summed E-state index contributed by atoms with van der Waals surface area (Å²) < 4.78 is 0. The maximum absolute atomic E-state index is 10.3. The van der Waals surface area contributed by atoms with Gasteiger partial charge in [0.15, 0.2) is 0 Å². The second-order valence-corrected chi connectivity index (χ2v) is 6.81. The molecule has 0 radical (unpaired) electrons. The van der Waals surface area contributed by atoms with Gasteiger partial charge < -0.3 is 5.11 Å². The van der Waals surface area contributed by atoms with Crippen LogP contribution >= 0.6 is 39.1 Å². The lowest BCUT2D eigenvalue weighted by atomic mass is 10.0. The van der Waals surface area contributed by atoms with Crippen LogP contribution in [-0.2, 0) is 6.42 Å². The normalized spacial score (nSPS) is 12.5. The standard InChI is InChI=1S/C18H14BrCl2NO/c19-10-17(23)14-9-13(6-11-4-2-1-3-5-11)22-18-15(14)7-12(20)8-16(18)21/h1-5,7-9,17,23H,6,10H2/t17-/m0/s1. The largest absolute Gasteiger partial charge is 0.388 e. The Balaban J connectivity index is 2.16. The Hall–Kier alpha value is -1.13. The molecule has 0 aliphatic carbocycles. The van der Waals surface area contributed by atoms with Gasteiger partial charge in [0, 0.05) is 27.9 Å². The van der Waals surface area contributed by atoms with Crippen molar-refractivity contribution in [3.63, 3.8) is 0 Å². The number of aliphatic hydroxyl groups is 1. The third-order valence-electron chi connectivity index (χ3n) is 3.65. The molecule has 5 heteroatoms. The van der Waals surface area contributed by atoms with Gasteiger partial charge in [-0.1, -0.05) is 69.5 Å². The fraction of sp³-hybridized carbons (Fsp3) is 0.167. The van der Waals surface area contributed by atoms with E-state index in [0.29, 0.717) is 27.3 Å². The Labute approximate surface area is 153 Å². The molecule has 0 saturated heterocycles. The third-order valence-corrected chi connectivity index (χ3v) is 4.77. The molecule has 3 rings (SSSR count). The molecule has 2 nitrogen and oxygen atoms in total. The minimum atomic E-state index is -0.649. The van der Waals surface area contributed by atoms with Crippen molar-refractivity contribution in [2.75, 3.05) is 5.33 Å². The molecule has 1 heterocycles. The fourth-order valence-electron chi connectivity index (χ4n) is 2.59. The van der Waals surface area contributed by atoms with Crippen LogP contribution < -0.4 is 0 Å². The number of rotatable bonds is 4. The quantitative estimate of drug-likeness (QED) is 0.571. The highest BCUT2D eigenvalue weighted by atomic mass is 79.9. The van der Waals surface area contributed by atoms with E-state index in [1.165, 1.54) is 0 Å². The average molecular weight is 411 g/mol. The molecule has 23 heavy (non-hydrogen) atoms. The van der Waals surface area contributed by atoms with Gasteiger partial charge in [-0.15, -0.1) is 0 Å². The summed E-state index contributed by atoms with van der Waals surface area (Å²) in [7, 11) is 0. The van der Waals surface area contributed by atoms with Crippen LogP contribution in [0, 0.1) is 0 Å². The smallest absolute Gasteiger partial charge is 0.0896 e. The van der Waals surface area contributed by atoms with Gasteiger partial charge in [-0.2, -0.15) is 0 Å². The van der Waals surface area contributed by atoms with Crippen molar-refractivity contribution in [1.29, 1.82) is 0 Å². The van der Waals surface area contributed by atoms with Crippen LogP contribution in [0.1, 0.15) is 22.9 Å². The Morgan fingerprint density at radius 2 is 1.83 bits per heavy atom. The van der Waals surface area contributed by atoms with Gasteiger partial charge in [0.1, 0.15) is 0 Å². The van der Waals surface area contributed by atoms with Gasteiger partial charge in [-0.25, -0.2) is 0 Å². The second-order valence-electron chi connectivity index (χ2n) is 5.32. The van der Waals surface area contributed by atoms with Gasteiger partial charge in [0.2, 0.25) is 0 Å². The van der Waals surface area contributed by atoms with E-state index >= 15 is 0 Å². The molecule has 1 atom stereocenters. The first kappa shape index (κ1) is 16.7. The number of aromatic nitrogens is 1. The van der Waals surface area contributed by atoms with Crippen LogP contribution in [-0.4, -0.2) is 15.4 Å². The van der Waals surface area contributed by atoms with E-state index in [1.807, 2.05) is 24.3 Å². The summed E-state index contributed by atoms with van der Waals surface area (Å²) in [5, 5.41) is 12.6. The zero-order chi connectivity index (χ0) is 16.4. The van der Waals surface area contributed by atoms with Crippen molar-refractivity contribution in [3.05, 3.63) is 75.4 Å². The molecule has 0 spiro atoms. The molecular weight excluding hydrogens is 397 g/mol. The summed E-state index contributed by atoms with van der Waals surface area (Å²) in [6, 6.07) is 15.5. The summed E-state index contributed by atoms with van der Waals surface area (Å²) >= 11 is 15.8. The maximum Gasteiger partial charge on any atom is 0.0896 e. The van der Waals surface area contributed by atoms with E-state index in [-0.39, 0.29) is 0 Å². The molecule has 2 aromatic carbocycles. The number of pyridine rings is 1. The molecule has 1 N–H and O–H groups in total. The number of hydrogen-bond acceptors (Lipinski definition) is 2. The molecule has 0 aliphatic heterocycles. The first-order valence-electron chi connectivity index (χ1n) is 7.15. The van der Waals surface area contributed by atoms with E-state index in [2.05, 4.69) is 33.0 Å². The first-order valence-corrected chi connectivity index (χ1v) is 9.02. The highest BCUT2D eigenvalue weighted by molar-refractivity contribution is 9.09. The van der Waals surface area contributed by atoms with Crippen molar-refractivity contribution in [2.24, 2.45) is 0 Å². The minimum Gasteiger partial charge on any atom is -0.388 e. The summed E-state index contributed by atoms with van der Waals surface area (Å²) in [5.41, 5.74) is 3.47. The lowest BCUT2D eigenvalue weighted by molar-refractivity contribution is 0.207. The zero-order valence-corrected chi connectivity index (χ0v) is 15.2. The van der Waals surface area contributed by atoms with Crippen molar-refractivity contribution in [3.8, 4) is 0 Å². The Bertz CT molecular complexity index is 839. The molecule has 118 valence electrons. The Morgan fingerprint density at radius 1 is 1.09 bits per heavy atom. The lowest BCUT2D eigenvalue weighted by Crippen LogP contribution is -2.04. The van der Waals surface area contributed by atoms with Crippen LogP contribution in [0.25, 0.3) is 10.9 Å². The predicted molar refractivity (Wildman–Crippen MR) is 99.8 cm³/mol. The number of alkyl halides is 1. The van der Waals surface area contributed by atoms with Gasteiger partial charge >= 0.3 is 0 Å². The van der Waals surface area contributed by atoms with Crippen molar-refractivity contribution < 1.29 is 5.11 Å². The molecule has 0 aliphatic rings. The van der Waals surface area contributed by atoms with Crippen LogP contribution in [0.2, 0.25) is 10.0 Å². The summed E-state index contributed by atoms with van der Waals surface area (Å²) in [4.78, 5) is 4.67. The predicted octanol–water partition coefficient (Wildman–Crippen LogP) is 5.56. The zero-order valence-electron chi connectivity index (χ0n) is 12.1. The summed E-state index contributed by atoms with van der Waals surface area (Å²) in [6.45, 7) is 0. The number of halogens is 3. The molecule has 1 aromatic heterocycles. The Morgan fingerprint density at radius 3 is 2.52 bits per heavy atom. The molecule has 0 saturated carbocycles. The molecule has 0 unspecified atom stereocenters. The van der Waals surface area contributed by atoms with Gasteiger partial charge in [-0.3, -0.25) is 4.98 Å². The monoisotopic (exact) mass is 409 g/mol. The van der Waals surface area contributed by atoms with Crippen molar-refractivity contribution >= 4 is 50.0 Å². The van der Waals surface area contributed by atoms with Crippen LogP contribution in [0.3, 0.4) is 0 Å². The van der Waals surface area contributed by atoms with Gasteiger partial charge in [-0.05, 0) is 29.3 Å². The molecule has 0 fully saturated rings. The van der Waals surface area contributed by atoms with E-state index in [4.69, 9.17) is 23.2 Å². The lowest BCUT2D eigenvalue weighted by Gasteiger charge is -2.14. The highest BCUT2D eigenvalue weighted by Gasteiger charge is 2.15. The number of nitrogens with zero attached hydrogens (tertiary/aromatic N) is 1. The topological polar surface area (TPSA) is 33.1 Å². The minimum absolute atomic E-state index is 0.432. The maximum atomic E-state index is 10.3. The highest BCUT2D eigenvalue weighted by Crippen LogP contribution is 2.33. The molecule has 0 amide bonds. The molecule has 3 aromatic rings. The second kappa shape index (κ2) is 7.18. The van der Waals surface area contributed by atoms with E-state index in [0.717, 1.165) is 22.2 Å². The van der Waals surface area contributed by atoms with Crippen LogP contribution in [0.15, 0.2) is 48.5 Å². The van der Waals surface area contributed by atoms with E-state index < -0.39 is 6.10 Å². The first-order chi connectivity index (χ1) is 11.1. The number of aliphatic hydroxyl groups excluding tert-OH is 1. The number of fused-ring (bicyclic) bond motifs is 1. The number of benzene rings is 2. The van der Waals surface area contributed by atoms with E-state index in [9.17, 15) is 5.11 Å². The van der Waals surface area contributed by atoms with Gasteiger partial charge in [0.25, 0.3) is 0 Å². The Kier molecular flexibility index (Phi) is 5.22. The molecular formula is C18H14BrCl2NO. The fourth-order valence-corrected chi connectivity index (χ4v) is 3.47. The van der Waals surface area contributed by atoms with Gasteiger partial charge in [0.05, 0.1) is 16.6 Å². The average Bonchev–Trinajstić information content (AvgIpc) is 2.55. The summed E-state index contributed by atoms with van der Waals surface area (Å²) in [6.07, 6.45) is 0.0298. The number of hydrogen-bond donors (Lipinski definition) is 1. The molecule has 0 bridgehead atoms. The van der Waals surface area contributed by atoms with Crippen LogP contribution in [0.5, 0.6) is 0 Å². The van der Waals surface area contributed by atoms with Crippen LogP contribution in [0.4, 0.5) is 0 Å². The third kappa shape index (κ3) is 3.69. The van der Waals surface area contributed by atoms with Crippen molar-refractivity contribution in [2.45, 2.75) is 12.5 Å². The summed E-state index contributed by atoms with van der Waals surface area (Å²) in [5.74, 6) is 0. The SMILES string of the molecule is O[C@@H](CBr)c1cc(Cc2ccccc2)nc2c(Cl)cc(Cl)cc12.